The lowest BCUT2D eigenvalue weighted by Gasteiger charge is -2.06. The summed E-state index contributed by atoms with van der Waals surface area (Å²) in [7, 11) is 0. The van der Waals surface area contributed by atoms with E-state index in [1.807, 2.05) is 11.3 Å². The van der Waals surface area contributed by atoms with E-state index in [-0.39, 0.29) is 0 Å². The van der Waals surface area contributed by atoms with Crippen molar-refractivity contribution >= 4 is 85.6 Å². The molecular formula is C69H47NS. The molecule has 14 aromatic rings. The predicted molar refractivity (Wildman–Crippen MR) is 305 cm³/mol. The van der Waals surface area contributed by atoms with E-state index in [0.29, 0.717) is 0 Å². The number of benzene rings is 12. The second-order valence-corrected chi connectivity index (χ2v) is 20.2. The number of rotatable bonds is 0. The number of aromatic nitrogens is 1. The number of hydrogen-bond acceptors (Lipinski definition) is 1. The van der Waals surface area contributed by atoms with Crippen LogP contribution in [-0.2, 0) is 19.3 Å². The fraction of sp³-hybridized carbons (Fsp3) is 0.0435. The fourth-order valence-electron chi connectivity index (χ4n) is 11.8. The molecule has 0 radical (unpaired) electrons. The van der Waals surface area contributed by atoms with E-state index in [1.165, 1.54) is 141 Å². The van der Waals surface area contributed by atoms with E-state index in [9.17, 15) is 0 Å². The number of para-hydroxylation sites is 1. The molecule has 3 aliphatic rings. The molecule has 2 heteroatoms. The van der Waals surface area contributed by atoms with E-state index >= 15 is 0 Å². The van der Waals surface area contributed by atoms with Gasteiger partial charge >= 0.3 is 0 Å². The number of hydrogen-bond donors (Lipinski definition) is 1. The Balaban J connectivity index is 0.0000000886. The molecular weight excluding hydrogens is 875 g/mol. The molecule has 0 aliphatic heterocycles. The predicted octanol–water partition coefficient (Wildman–Crippen LogP) is 18.9. The first-order valence-corrected chi connectivity index (χ1v) is 25.6. The van der Waals surface area contributed by atoms with Gasteiger partial charge in [0, 0.05) is 42.0 Å². The summed E-state index contributed by atoms with van der Waals surface area (Å²) in [6.45, 7) is 0. The summed E-state index contributed by atoms with van der Waals surface area (Å²) in [5.41, 5.74) is 19.9. The van der Waals surface area contributed by atoms with Gasteiger partial charge in [-0.25, -0.2) is 0 Å². The Bertz CT molecular complexity index is 4160. The Kier molecular flexibility index (Phi) is 10.00. The van der Waals surface area contributed by atoms with Gasteiger partial charge in [-0.15, -0.1) is 11.3 Å². The van der Waals surface area contributed by atoms with Crippen molar-refractivity contribution in [3.05, 3.63) is 276 Å². The van der Waals surface area contributed by atoms with E-state index in [0.717, 1.165) is 19.3 Å². The Labute approximate surface area is 416 Å². The number of fused-ring (bicyclic) bond motifs is 21. The third-order valence-electron chi connectivity index (χ3n) is 15.1. The Morgan fingerprint density at radius 2 is 0.732 bits per heavy atom. The highest BCUT2D eigenvalue weighted by molar-refractivity contribution is 7.26. The Hall–Kier alpha value is -8.56. The molecule has 17 rings (SSSR count). The van der Waals surface area contributed by atoms with Crippen LogP contribution in [0, 0.1) is 0 Å². The number of H-pyrrole nitrogens is 1. The zero-order chi connectivity index (χ0) is 46.8. The molecule has 3 aliphatic carbocycles. The Morgan fingerprint density at radius 1 is 0.268 bits per heavy atom. The molecule has 0 amide bonds. The molecule has 0 saturated carbocycles. The smallest absolute Gasteiger partial charge is 0.0471 e. The van der Waals surface area contributed by atoms with Gasteiger partial charge in [-0.2, -0.15) is 0 Å². The lowest BCUT2D eigenvalue weighted by molar-refractivity contribution is 1.24. The van der Waals surface area contributed by atoms with Crippen LogP contribution in [0.4, 0.5) is 0 Å². The van der Waals surface area contributed by atoms with Gasteiger partial charge in [0.25, 0.3) is 0 Å². The van der Waals surface area contributed by atoms with Crippen LogP contribution < -0.4 is 0 Å². The van der Waals surface area contributed by atoms with Crippen LogP contribution in [0.15, 0.2) is 243 Å². The van der Waals surface area contributed by atoms with E-state index in [1.54, 1.807) is 0 Å². The molecule has 0 bridgehead atoms. The first kappa shape index (κ1) is 41.4. The highest BCUT2D eigenvalue weighted by Gasteiger charge is 2.25. The molecule has 1 N–H and O–H groups in total. The minimum absolute atomic E-state index is 1.08. The molecule has 1 nitrogen and oxygen atoms in total. The van der Waals surface area contributed by atoms with Crippen molar-refractivity contribution in [3.63, 3.8) is 0 Å². The van der Waals surface area contributed by atoms with Gasteiger partial charge in [0.05, 0.1) is 0 Å². The standard InChI is InChI=1S/C20H14.C17H12.C16H11N.C16H10S/c1-3-7-17-13(5-1)9-15-11-20-16(12-19(15)17)10-14-6-2-4-8-18(14)20;1-3-7-15-12(5-1)9-10-14-11-13-6-2-4-8-16(13)17(14)15;2*1-2-6-12-11(5-1)9-10-15-16(12)13-7-3-4-8-14(13)17-15/h1-8,11-12H,9-10H2;1-10H,11H2;1-10,17H;1-10H. The molecule has 0 fully saturated rings. The van der Waals surface area contributed by atoms with Crippen LogP contribution in [0.2, 0.25) is 0 Å². The molecule has 0 atom stereocenters. The summed E-state index contributed by atoms with van der Waals surface area (Å²) in [6.07, 6.45) is 3.25. The van der Waals surface area contributed by atoms with Gasteiger partial charge in [-0.1, -0.05) is 206 Å². The summed E-state index contributed by atoms with van der Waals surface area (Å²) in [6, 6.07) is 87.5. The largest absolute Gasteiger partial charge is 0.354 e. The fourth-order valence-corrected chi connectivity index (χ4v) is 12.9. The van der Waals surface area contributed by atoms with Gasteiger partial charge in [-0.05, 0) is 155 Å². The van der Waals surface area contributed by atoms with Gasteiger partial charge in [0.1, 0.15) is 0 Å². The normalized spacial score (nSPS) is 12.3. The highest BCUT2D eigenvalue weighted by Crippen LogP contribution is 2.45. The maximum atomic E-state index is 3.47. The van der Waals surface area contributed by atoms with Crippen LogP contribution in [-0.4, -0.2) is 4.98 Å². The number of aromatic amines is 1. The van der Waals surface area contributed by atoms with Crippen LogP contribution in [0.25, 0.3) is 108 Å². The van der Waals surface area contributed by atoms with Crippen LogP contribution in [0.3, 0.4) is 0 Å². The maximum Gasteiger partial charge on any atom is 0.0471 e. The van der Waals surface area contributed by atoms with Crippen molar-refractivity contribution in [2.45, 2.75) is 19.3 Å². The van der Waals surface area contributed by atoms with Gasteiger partial charge in [0.2, 0.25) is 0 Å². The molecule has 0 spiro atoms. The average Bonchev–Trinajstić information content (AvgIpc) is 4.27. The second kappa shape index (κ2) is 17.1. The number of thiophene rings is 1. The van der Waals surface area contributed by atoms with Crippen molar-refractivity contribution in [2.75, 3.05) is 0 Å². The van der Waals surface area contributed by atoms with Gasteiger partial charge in [0.15, 0.2) is 0 Å². The molecule has 71 heavy (non-hydrogen) atoms. The average molecular weight is 922 g/mol. The third-order valence-corrected chi connectivity index (χ3v) is 16.2. The zero-order valence-electron chi connectivity index (χ0n) is 39.1. The summed E-state index contributed by atoms with van der Waals surface area (Å²) in [5, 5.41) is 13.4. The molecule has 0 saturated heterocycles. The molecule has 0 unspecified atom stereocenters. The quantitative estimate of drug-likeness (QED) is 0.156. The summed E-state index contributed by atoms with van der Waals surface area (Å²) in [5.74, 6) is 0. The monoisotopic (exact) mass is 921 g/mol. The third kappa shape index (κ3) is 7.13. The SMILES string of the molecule is c1ccc2c(c1)Cc1cc3c(cc1-2)Cc1ccccc1-3.c1ccc2c(c1)Cc1ccc3ccccc3c1-2.c1ccc2c(c1)ccc1[nH]c3ccccc3c12.c1ccc2c(c1)ccc1sc3ccccc3c12. The first-order chi connectivity index (χ1) is 35.2. The van der Waals surface area contributed by atoms with Gasteiger partial charge < -0.3 is 4.98 Å². The number of nitrogens with one attached hydrogen (secondary N) is 1. The minimum atomic E-state index is 1.08. The molecule has 2 heterocycles. The highest BCUT2D eigenvalue weighted by atomic mass is 32.1. The zero-order valence-corrected chi connectivity index (χ0v) is 39.9. The van der Waals surface area contributed by atoms with E-state index in [2.05, 4.69) is 248 Å². The van der Waals surface area contributed by atoms with Crippen LogP contribution in [0.1, 0.15) is 33.4 Å². The van der Waals surface area contributed by atoms with Crippen LogP contribution in [0.5, 0.6) is 0 Å². The molecule has 2 aromatic heterocycles. The van der Waals surface area contributed by atoms with Crippen molar-refractivity contribution in [1.82, 2.24) is 4.98 Å². The second-order valence-electron chi connectivity index (χ2n) is 19.1. The minimum Gasteiger partial charge on any atom is -0.354 e. The molecule has 12 aromatic carbocycles. The van der Waals surface area contributed by atoms with Crippen molar-refractivity contribution in [3.8, 4) is 33.4 Å². The summed E-state index contributed by atoms with van der Waals surface area (Å²) < 4.78 is 2.75. The topological polar surface area (TPSA) is 15.8 Å². The van der Waals surface area contributed by atoms with E-state index in [4.69, 9.17) is 0 Å². The van der Waals surface area contributed by atoms with Crippen molar-refractivity contribution in [2.24, 2.45) is 0 Å². The summed E-state index contributed by atoms with van der Waals surface area (Å²) in [4.78, 5) is 3.47. The lowest BCUT2D eigenvalue weighted by Crippen LogP contribution is -1.85. The maximum absolute atomic E-state index is 3.47. The Morgan fingerprint density at radius 3 is 1.41 bits per heavy atom. The van der Waals surface area contributed by atoms with Gasteiger partial charge in [-0.3, -0.25) is 0 Å². The van der Waals surface area contributed by atoms with Crippen LogP contribution >= 0.6 is 11.3 Å². The van der Waals surface area contributed by atoms with Crippen molar-refractivity contribution < 1.29 is 0 Å². The molecule has 334 valence electrons. The first-order valence-electron chi connectivity index (χ1n) is 24.8. The van der Waals surface area contributed by atoms with E-state index < -0.39 is 0 Å². The van der Waals surface area contributed by atoms with Crippen molar-refractivity contribution in [1.29, 1.82) is 0 Å². The summed E-state index contributed by atoms with van der Waals surface area (Å²) >= 11 is 1.88. The lowest BCUT2D eigenvalue weighted by atomic mass is 9.98.